The quantitative estimate of drug-likeness (QED) is 0.620. The molecule has 1 aliphatic rings. The van der Waals surface area contributed by atoms with Crippen molar-refractivity contribution in [3.8, 4) is 0 Å². The Hall–Kier alpha value is -1.10. The van der Waals surface area contributed by atoms with Crippen molar-refractivity contribution in [3.63, 3.8) is 0 Å². The number of rotatable bonds is 7. The van der Waals surface area contributed by atoms with E-state index in [2.05, 4.69) is 10.6 Å². The Morgan fingerprint density at radius 3 is 2.61 bits per heavy atom. The first kappa shape index (κ1) is 15.0. The zero-order valence-electron chi connectivity index (χ0n) is 11.2. The summed E-state index contributed by atoms with van der Waals surface area (Å²) in [5.41, 5.74) is 5.67. The number of nitrogens with two attached hydrogens (primary N) is 1. The second kappa shape index (κ2) is 8.08. The Balaban J connectivity index is 2.15. The smallest absolute Gasteiger partial charge is 0.220 e. The van der Waals surface area contributed by atoms with Crippen LogP contribution < -0.4 is 16.4 Å². The van der Waals surface area contributed by atoms with Crippen LogP contribution in [0.1, 0.15) is 45.4 Å². The summed E-state index contributed by atoms with van der Waals surface area (Å²) < 4.78 is 0. The van der Waals surface area contributed by atoms with E-state index in [-0.39, 0.29) is 17.9 Å². The number of amides is 2. The Kier molecular flexibility index (Phi) is 6.72. The highest BCUT2D eigenvalue weighted by atomic mass is 16.2. The highest BCUT2D eigenvalue weighted by Gasteiger charge is 2.26. The van der Waals surface area contributed by atoms with Gasteiger partial charge in [0.2, 0.25) is 11.8 Å². The van der Waals surface area contributed by atoms with E-state index < -0.39 is 0 Å². The molecule has 5 nitrogen and oxygen atoms in total. The summed E-state index contributed by atoms with van der Waals surface area (Å²) in [6.45, 7) is 3.17. The van der Waals surface area contributed by atoms with Gasteiger partial charge >= 0.3 is 0 Å². The van der Waals surface area contributed by atoms with Gasteiger partial charge in [0.15, 0.2) is 0 Å². The SMILES string of the molecule is CCNC(=O)CCCC(=O)NC1CCCC1CN. The molecule has 18 heavy (non-hydrogen) atoms. The van der Waals surface area contributed by atoms with Crippen LogP contribution >= 0.6 is 0 Å². The van der Waals surface area contributed by atoms with Crippen molar-refractivity contribution in [1.82, 2.24) is 10.6 Å². The standard InChI is InChI=1S/C13H25N3O2/c1-2-15-12(17)7-4-8-13(18)16-11-6-3-5-10(11)9-14/h10-11H,2-9,14H2,1H3,(H,15,17)(H,16,18). The lowest BCUT2D eigenvalue weighted by Gasteiger charge is -2.19. The Morgan fingerprint density at radius 1 is 1.22 bits per heavy atom. The first-order valence-corrected chi connectivity index (χ1v) is 6.93. The summed E-state index contributed by atoms with van der Waals surface area (Å²) in [6, 6.07) is 0.243. The van der Waals surface area contributed by atoms with E-state index in [1.165, 1.54) is 0 Å². The van der Waals surface area contributed by atoms with Crippen LogP contribution in [0.4, 0.5) is 0 Å². The lowest BCUT2D eigenvalue weighted by atomic mass is 10.0. The van der Waals surface area contributed by atoms with Gasteiger partial charge in [0.05, 0.1) is 0 Å². The Labute approximate surface area is 109 Å². The Bertz CT molecular complexity index is 281. The van der Waals surface area contributed by atoms with Crippen LogP contribution in [0.25, 0.3) is 0 Å². The third-order valence-electron chi connectivity index (χ3n) is 3.49. The van der Waals surface area contributed by atoms with E-state index >= 15 is 0 Å². The zero-order chi connectivity index (χ0) is 13.4. The van der Waals surface area contributed by atoms with Crippen LogP contribution in [0.3, 0.4) is 0 Å². The molecule has 0 aromatic carbocycles. The fourth-order valence-corrected chi connectivity index (χ4v) is 2.48. The van der Waals surface area contributed by atoms with Crippen molar-refractivity contribution < 1.29 is 9.59 Å². The molecule has 5 heteroatoms. The summed E-state index contributed by atoms with van der Waals surface area (Å²) in [7, 11) is 0. The molecule has 0 aromatic heterocycles. The van der Waals surface area contributed by atoms with Crippen molar-refractivity contribution in [1.29, 1.82) is 0 Å². The molecule has 2 unspecified atom stereocenters. The van der Waals surface area contributed by atoms with Crippen molar-refractivity contribution in [3.05, 3.63) is 0 Å². The predicted molar refractivity (Wildman–Crippen MR) is 70.9 cm³/mol. The van der Waals surface area contributed by atoms with E-state index in [4.69, 9.17) is 5.73 Å². The first-order valence-electron chi connectivity index (χ1n) is 6.93. The third kappa shape index (κ3) is 5.04. The van der Waals surface area contributed by atoms with Crippen LogP contribution in [-0.4, -0.2) is 30.9 Å². The fraction of sp³-hybridized carbons (Fsp3) is 0.846. The molecule has 104 valence electrons. The molecular formula is C13H25N3O2. The summed E-state index contributed by atoms with van der Waals surface area (Å²) in [5, 5.41) is 5.76. The van der Waals surface area contributed by atoms with E-state index in [9.17, 15) is 9.59 Å². The molecule has 0 bridgehead atoms. The molecule has 1 aliphatic carbocycles. The van der Waals surface area contributed by atoms with Crippen LogP contribution in [0.5, 0.6) is 0 Å². The lowest BCUT2D eigenvalue weighted by Crippen LogP contribution is -2.39. The zero-order valence-corrected chi connectivity index (χ0v) is 11.2. The molecule has 2 atom stereocenters. The van der Waals surface area contributed by atoms with Crippen molar-refractivity contribution in [2.45, 2.75) is 51.5 Å². The van der Waals surface area contributed by atoms with Gasteiger partial charge in [-0.1, -0.05) is 6.42 Å². The molecule has 1 rings (SSSR count). The minimum absolute atomic E-state index is 0.0194. The number of hydrogen-bond acceptors (Lipinski definition) is 3. The second-order valence-corrected chi connectivity index (χ2v) is 4.91. The van der Waals surface area contributed by atoms with Gasteiger partial charge in [-0.15, -0.1) is 0 Å². The average Bonchev–Trinajstić information content (AvgIpc) is 2.76. The fourth-order valence-electron chi connectivity index (χ4n) is 2.48. The predicted octanol–water partition coefficient (Wildman–Crippen LogP) is 0.536. The highest BCUT2D eigenvalue weighted by Crippen LogP contribution is 2.24. The Morgan fingerprint density at radius 2 is 1.94 bits per heavy atom. The monoisotopic (exact) mass is 255 g/mol. The molecular weight excluding hydrogens is 230 g/mol. The summed E-state index contributed by atoms with van der Waals surface area (Å²) in [6.07, 6.45) is 4.74. The molecule has 1 fully saturated rings. The molecule has 0 radical (unpaired) electrons. The average molecular weight is 255 g/mol. The van der Waals surface area contributed by atoms with Crippen molar-refractivity contribution >= 4 is 11.8 Å². The van der Waals surface area contributed by atoms with Crippen LogP contribution in [0, 0.1) is 5.92 Å². The van der Waals surface area contributed by atoms with Gasteiger partial charge in [-0.3, -0.25) is 9.59 Å². The maximum absolute atomic E-state index is 11.7. The first-order chi connectivity index (χ1) is 8.67. The topological polar surface area (TPSA) is 84.2 Å². The lowest BCUT2D eigenvalue weighted by molar-refractivity contribution is -0.122. The second-order valence-electron chi connectivity index (χ2n) is 4.91. The minimum Gasteiger partial charge on any atom is -0.356 e. The molecule has 2 amide bonds. The summed E-state index contributed by atoms with van der Waals surface area (Å²) in [5.74, 6) is 0.494. The number of carbonyl (C=O) groups is 2. The maximum Gasteiger partial charge on any atom is 0.220 e. The molecule has 0 aliphatic heterocycles. The highest BCUT2D eigenvalue weighted by molar-refractivity contribution is 5.79. The minimum atomic E-state index is 0.0194. The van der Waals surface area contributed by atoms with Crippen molar-refractivity contribution in [2.24, 2.45) is 11.7 Å². The van der Waals surface area contributed by atoms with Gasteiger partial charge in [0.1, 0.15) is 0 Å². The van der Waals surface area contributed by atoms with E-state index in [0.29, 0.717) is 38.3 Å². The summed E-state index contributed by atoms with van der Waals surface area (Å²) >= 11 is 0. The number of carbonyl (C=O) groups excluding carboxylic acids is 2. The molecule has 0 heterocycles. The molecule has 4 N–H and O–H groups in total. The normalized spacial score (nSPS) is 22.8. The molecule has 0 aromatic rings. The molecule has 0 spiro atoms. The van der Waals surface area contributed by atoms with Gasteiger partial charge in [-0.2, -0.15) is 0 Å². The molecule has 1 saturated carbocycles. The number of hydrogen-bond donors (Lipinski definition) is 3. The van der Waals surface area contributed by atoms with Crippen LogP contribution in [0.15, 0.2) is 0 Å². The van der Waals surface area contributed by atoms with Crippen LogP contribution in [0.2, 0.25) is 0 Å². The van der Waals surface area contributed by atoms with Gasteiger partial charge in [0.25, 0.3) is 0 Å². The van der Waals surface area contributed by atoms with Crippen molar-refractivity contribution in [2.75, 3.05) is 13.1 Å². The van der Waals surface area contributed by atoms with Gasteiger partial charge in [0, 0.05) is 25.4 Å². The number of nitrogens with one attached hydrogen (secondary N) is 2. The van der Waals surface area contributed by atoms with Gasteiger partial charge < -0.3 is 16.4 Å². The van der Waals surface area contributed by atoms with E-state index in [1.807, 2.05) is 6.92 Å². The van der Waals surface area contributed by atoms with E-state index in [1.54, 1.807) is 0 Å². The third-order valence-corrected chi connectivity index (χ3v) is 3.49. The van der Waals surface area contributed by atoms with Gasteiger partial charge in [-0.05, 0) is 38.6 Å². The maximum atomic E-state index is 11.7. The van der Waals surface area contributed by atoms with Crippen LogP contribution in [-0.2, 0) is 9.59 Å². The van der Waals surface area contributed by atoms with Gasteiger partial charge in [-0.25, -0.2) is 0 Å². The van der Waals surface area contributed by atoms with E-state index in [0.717, 1.165) is 19.3 Å². The largest absolute Gasteiger partial charge is 0.356 e. The summed E-state index contributed by atoms with van der Waals surface area (Å²) in [4.78, 5) is 22.9. The molecule has 0 saturated heterocycles.